The van der Waals surface area contributed by atoms with Crippen molar-refractivity contribution in [3.05, 3.63) is 0 Å². The van der Waals surface area contributed by atoms with E-state index in [4.69, 9.17) is 14.6 Å². The summed E-state index contributed by atoms with van der Waals surface area (Å²) < 4.78 is 11.0. The van der Waals surface area contributed by atoms with Gasteiger partial charge in [-0.2, -0.15) is 0 Å². The second kappa shape index (κ2) is 10.9. The van der Waals surface area contributed by atoms with Gasteiger partial charge in [-0.1, -0.05) is 6.92 Å². The smallest absolute Gasteiger partial charge is 0.191 e. The Morgan fingerprint density at radius 2 is 2.35 bits per heavy atom. The highest BCUT2D eigenvalue weighted by atomic mass is 16.5. The Bertz CT molecular complexity index is 268. The average molecular weight is 287 g/mol. The third-order valence-corrected chi connectivity index (χ3v) is 3.07. The second-order valence-corrected chi connectivity index (χ2v) is 5.14. The molecular formula is C14H29N3O3. The number of ether oxygens (including phenoxy) is 2. The molecule has 1 fully saturated rings. The van der Waals surface area contributed by atoms with Gasteiger partial charge in [-0.05, 0) is 25.7 Å². The van der Waals surface area contributed by atoms with Crippen LogP contribution in [0.3, 0.4) is 0 Å². The van der Waals surface area contributed by atoms with Gasteiger partial charge >= 0.3 is 0 Å². The van der Waals surface area contributed by atoms with Crippen LogP contribution in [-0.2, 0) is 9.47 Å². The number of nitrogens with zero attached hydrogens (tertiary/aromatic N) is 1. The maximum atomic E-state index is 8.99. The maximum absolute atomic E-state index is 8.99. The highest BCUT2D eigenvalue weighted by Gasteiger charge is 2.15. The molecule has 1 saturated heterocycles. The van der Waals surface area contributed by atoms with Crippen molar-refractivity contribution in [1.82, 2.24) is 10.6 Å². The van der Waals surface area contributed by atoms with Gasteiger partial charge in [-0.25, -0.2) is 0 Å². The van der Waals surface area contributed by atoms with Crippen LogP contribution in [0.25, 0.3) is 0 Å². The van der Waals surface area contributed by atoms with E-state index in [1.54, 1.807) is 0 Å². The summed E-state index contributed by atoms with van der Waals surface area (Å²) in [7, 11) is 0. The van der Waals surface area contributed by atoms with Gasteiger partial charge in [-0.15, -0.1) is 0 Å². The lowest BCUT2D eigenvalue weighted by Crippen LogP contribution is -2.38. The van der Waals surface area contributed by atoms with E-state index in [-0.39, 0.29) is 18.6 Å². The van der Waals surface area contributed by atoms with Crippen molar-refractivity contribution >= 4 is 5.96 Å². The molecule has 2 unspecified atom stereocenters. The van der Waals surface area contributed by atoms with Crippen LogP contribution < -0.4 is 10.6 Å². The Kier molecular flexibility index (Phi) is 9.36. The molecule has 1 heterocycles. The summed E-state index contributed by atoms with van der Waals surface area (Å²) in [5, 5.41) is 15.5. The minimum absolute atomic E-state index is 0.167. The van der Waals surface area contributed by atoms with Crippen LogP contribution in [0.1, 0.15) is 26.7 Å². The van der Waals surface area contributed by atoms with Crippen molar-refractivity contribution < 1.29 is 14.6 Å². The van der Waals surface area contributed by atoms with Gasteiger partial charge in [-0.3, -0.25) is 4.99 Å². The summed E-state index contributed by atoms with van der Waals surface area (Å²) in [5.41, 5.74) is 0. The fourth-order valence-corrected chi connectivity index (χ4v) is 1.82. The molecule has 6 heteroatoms. The minimum atomic E-state index is 0.167. The van der Waals surface area contributed by atoms with Crippen molar-refractivity contribution in [2.45, 2.75) is 32.8 Å². The lowest BCUT2D eigenvalue weighted by atomic mass is 10.2. The lowest BCUT2D eigenvalue weighted by Gasteiger charge is -2.13. The van der Waals surface area contributed by atoms with Crippen LogP contribution in [0.4, 0.5) is 0 Å². The van der Waals surface area contributed by atoms with Gasteiger partial charge in [0.1, 0.15) is 0 Å². The van der Waals surface area contributed by atoms with Gasteiger partial charge < -0.3 is 25.2 Å². The summed E-state index contributed by atoms with van der Waals surface area (Å²) >= 11 is 0. The number of aliphatic hydroxyl groups excluding tert-OH is 1. The van der Waals surface area contributed by atoms with E-state index in [0.29, 0.717) is 6.54 Å². The highest BCUT2D eigenvalue weighted by Crippen LogP contribution is 2.07. The number of aliphatic hydroxyl groups is 1. The Hall–Kier alpha value is -0.850. The van der Waals surface area contributed by atoms with E-state index in [0.717, 1.165) is 51.7 Å². The van der Waals surface area contributed by atoms with Crippen LogP contribution in [0.15, 0.2) is 4.99 Å². The van der Waals surface area contributed by atoms with Crippen LogP contribution in [0.5, 0.6) is 0 Å². The van der Waals surface area contributed by atoms with E-state index in [1.165, 1.54) is 0 Å². The van der Waals surface area contributed by atoms with E-state index in [1.807, 2.05) is 13.8 Å². The first-order valence-electron chi connectivity index (χ1n) is 7.58. The maximum Gasteiger partial charge on any atom is 0.191 e. The van der Waals surface area contributed by atoms with E-state index >= 15 is 0 Å². The van der Waals surface area contributed by atoms with E-state index < -0.39 is 0 Å². The Morgan fingerprint density at radius 3 is 3.00 bits per heavy atom. The van der Waals surface area contributed by atoms with E-state index in [9.17, 15) is 0 Å². The normalized spacial score (nSPS) is 20.9. The molecule has 0 bridgehead atoms. The second-order valence-electron chi connectivity index (χ2n) is 5.14. The van der Waals surface area contributed by atoms with Crippen molar-refractivity contribution in [1.29, 1.82) is 0 Å². The quantitative estimate of drug-likeness (QED) is 0.324. The van der Waals surface area contributed by atoms with E-state index in [2.05, 4.69) is 15.6 Å². The molecule has 2 atom stereocenters. The first kappa shape index (κ1) is 17.2. The molecule has 1 aliphatic rings. The summed E-state index contributed by atoms with van der Waals surface area (Å²) in [4.78, 5) is 4.43. The highest BCUT2D eigenvalue weighted by molar-refractivity contribution is 5.79. The fraction of sp³-hybridized carbons (Fsp3) is 0.929. The molecule has 3 N–H and O–H groups in total. The molecule has 0 aromatic rings. The van der Waals surface area contributed by atoms with Crippen LogP contribution in [0, 0.1) is 5.92 Å². The van der Waals surface area contributed by atoms with Gasteiger partial charge in [0.25, 0.3) is 0 Å². The molecule has 0 amide bonds. The zero-order valence-electron chi connectivity index (χ0n) is 12.7. The SMILES string of the molecule is CCNC(=NCC(C)CO)NCCCOC1CCOC1. The number of hydrogen-bond acceptors (Lipinski definition) is 4. The predicted molar refractivity (Wildman–Crippen MR) is 80.0 cm³/mol. The van der Waals surface area contributed by atoms with Gasteiger partial charge in [0, 0.05) is 39.5 Å². The first-order chi connectivity index (χ1) is 9.76. The third-order valence-electron chi connectivity index (χ3n) is 3.07. The monoisotopic (exact) mass is 287 g/mol. The molecule has 1 aliphatic heterocycles. The standard InChI is InChI=1S/C14H29N3O3/c1-3-15-14(17-9-12(2)10-18)16-6-4-7-20-13-5-8-19-11-13/h12-13,18H,3-11H2,1-2H3,(H2,15,16,17). The summed E-state index contributed by atoms with van der Waals surface area (Å²) in [6.45, 7) is 8.76. The number of hydrogen-bond donors (Lipinski definition) is 3. The largest absolute Gasteiger partial charge is 0.396 e. The number of nitrogens with one attached hydrogen (secondary N) is 2. The Morgan fingerprint density at radius 1 is 1.50 bits per heavy atom. The van der Waals surface area contributed by atoms with Gasteiger partial charge in [0.2, 0.25) is 0 Å². The Balaban J connectivity index is 2.11. The van der Waals surface area contributed by atoms with Gasteiger partial charge in [0.05, 0.1) is 12.7 Å². The fourth-order valence-electron chi connectivity index (χ4n) is 1.82. The summed E-state index contributed by atoms with van der Waals surface area (Å²) in [5.74, 6) is 0.994. The third kappa shape index (κ3) is 7.67. The number of guanidine groups is 1. The number of rotatable bonds is 9. The van der Waals surface area contributed by atoms with Crippen molar-refractivity contribution in [2.24, 2.45) is 10.9 Å². The molecule has 118 valence electrons. The first-order valence-corrected chi connectivity index (χ1v) is 7.58. The van der Waals surface area contributed by atoms with Crippen LogP contribution in [0.2, 0.25) is 0 Å². The molecule has 0 aliphatic carbocycles. The number of aliphatic imine (C=N–C) groups is 1. The topological polar surface area (TPSA) is 75.1 Å². The van der Waals surface area contributed by atoms with Crippen LogP contribution >= 0.6 is 0 Å². The van der Waals surface area contributed by atoms with Crippen molar-refractivity contribution in [3.63, 3.8) is 0 Å². The Labute approximate surface area is 121 Å². The summed E-state index contributed by atoms with van der Waals surface area (Å²) in [6.07, 6.45) is 2.23. The van der Waals surface area contributed by atoms with Crippen molar-refractivity contribution in [3.8, 4) is 0 Å². The summed E-state index contributed by atoms with van der Waals surface area (Å²) in [6, 6.07) is 0. The zero-order valence-corrected chi connectivity index (χ0v) is 12.7. The predicted octanol–water partition coefficient (Wildman–Crippen LogP) is 0.366. The van der Waals surface area contributed by atoms with Gasteiger partial charge in [0.15, 0.2) is 5.96 Å². The molecule has 1 rings (SSSR count). The molecule has 20 heavy (non-hydrogen) atoms. The molecule has 0 aromatic carbocycles. The lowest BCUT2D eigenvalue weighted by molar-refractivity contribution is 0.0420. The van der Waals surface area contributed by atoms with Crippen LogP contribution in [-0.4, -0.2) is 63.2 Å². The molecule has 6 nitrogen and oxygen atoms in total. The average Bonchev–Trinajstić information content (AvgIpc) is 2.97. The minimum Gasteiger partial charge on any atom is -0.396 e. The molecule has 0 spiro atoms. The molecule has 0 aromatic heterocycles. The molecule has 0 saturated carbocycles. The zero-order chi connectivity index (χ0) is 14.6. The van der Waals surface area contributed by atoms with Crippen molar-refractivity contribution in [2.75, 3.05) is 46.1 Å². The molecule has 0 radical (unpaired) electrons. The molecular weight excluding hydrogens is 258 g/mol.